The quantitative estimate of drug-likeness (QED) is 0.804. The summed E-state index contributed by atoms with van der Waals surface area (Å²) in [5, 5.41) is 1.76. The molecule has 0 saturated carbocycles. The normalized spacial score (nSPS) is 12.0. The summed E-state index contributed by atoms with van der Waals surface area (Å²) in [6.07, 6.45) is 0. The molecule has 0 aromatic heterocycles. The Hall–Kier alpha value is -1.69. The van der Waals surface area contributed by atoms with Gasteiger partial charge in [-0.15, -0.1) is 0 Å². The first-order valence-corrected chi connectivity index (χ1v) is 4.95. The number of nitrogens with two attached hydrogens (primary N) is 1. The van der Waals surface area contributed by atoms with E-state index in [0.717, 1.165) is 6.07 Å². The summed E-state index contributed by atoms with van der Waals surface area (Å²) in [4.78, 5) is 22.2. The van der Waals surface area contributed by atoms with E-state index in [2.05, 4.69) is 5.32 Å². The van der Waals surface area contributed by atoms with Gasteiger partial charge in [-0.05, 0) is 13.0 Å². The summed E-state index contributed by atoms with van der Waals surface area (Å²) in [7, 11) is 0. The highest BCUT2D eigenvalue weighted by molar-refractivity contribution is 6.31. The molecule has 0 heterocycles. The summed E-state index contributed by atoms with van der Waals surface area (Å²) in [5.74, 6) is -3.70. The van der Waals surface area contributed by atoms with Crippen LogP contribution in [-0.2, 0) is 4.79 Å². The lowest BCUT2D eigenvalue weighted by Crippen LogP contribution is -2.42. The molecule has 0 unspecified atom stereocenters. The fourth-order valence-electron chi connectivity index (χ4n) is 1.04. The minimum Gasteiger partial charge on any atom is -0.368 e. The van der Waals surface area contributed by atoms with E-state index in [4.69, 9.17) is 17.3 Å². The van der Waals surface area contributed by atoms with Crippen LogP contribution in [0.15, 0.2) is 12.1 Å². The van der Waals surface area contributed by atoms with Gasteiger partial charge in [0.25, 0.3) is 5.91 Å². The molecule has 0 fully saturated rings. The van der Waals surface area contributed by atoms with Gasteiger partial charge in [-0.3, -0.25) is 9.59 Å². The summed E-state index contributed by atoms with van der Waals surface area (Å²) in [5.41, 5.74) is 4.47. The van der Waals surface area contributed by atoms with E-state index >= 15 is 0 Å². The molecule has 2 amide bonds. The van der Waals surface area contributed by atoms with Crippen molar-refractivity contribution in [2.75, 3.05) is 0 Å². The maximum Gasteiger partial charge on any atom is 0.254 e. The molecule has 0 spiro atoms. The summed E-state index contributed by atoms with van der Waals surface area (Å²) < 4.78 is 26.1. The van der Waals surface area contributed by atoms with Gasteiger partial charge in [0.1, 0.15) is 17.7 Å². The van der Waals surface area contributed by atoms with Gasteiger partial charge < -0.3 is 11.1 Å². The molecule has 0 aliphatic heterocycles. The molecule has 7 heteroatoms. The molecule has 0 saturated heterocycles. The van der Waals surface area contributed by atoms with Gasteiger partial charge in [0.15, 0.2) is 0 Å². The Morgan fingerprint density at radius 1 is 1.35 bits per heavy atom. The van der Waals surface area contributed by atoms with Crippen LogP contribution in [0.3, 0.4) is 0 Å². The van der Waals surface area contributed by atoms with Gasteiger partial charge in [-0.25, -0.2) is 8.78 Å². The van der Waals surface area contributed by atoms with Crippen LogP contribution in [0.5, 0.6) is 0 Å². The number of nitrogens with one attached hydrogen (secondary N) is 1. The molecule has 17 heavy (non-hydrogen) atoms. The molecule has 1 aromatic carbocycles. The summed E-state index contributed by atoms with van der Waals surface area (Å²) in [6.45, 7) is 1.34. The predicted octanol–water partition coefficient (Wildman–Crippen LogP) is 1.22. The Kier molecular flexibility index (Phi) is 4.01. The van der Waals surface area contributed by atoms with Crippen molar-refractivity contribution in [1.82, 2.24) is 5.32 Å². The minimum atomic E-state index is -1.07. The van der Waals surface area contributed by atoms with Crippen molar-refractivity contribution < 1.29 is 18.4 Å². The van der Waals surface area contributed by atoms with Crippen LogP contribution in [0.2, 0.25) is 5.02 Å². The van der Waals surface area contributed by atoms with Crippen molar-refractivity contribution in [2.24, 2.45) is 5.73 Å². The van der Waals surface area contributed by atoms with Crippen molar-refractivity contribution in [3.05, 3.63) is 34.4 Å². The van der Waals surface area contributed by atoms with Gasteiger partial charge in [0, 0.05) is 6.07 Å². The summed E-state index contributed by atoms with van der Waals surface area (Å²) >= 11 is 5.42. The van der Waals surface area contributed by atoms with Crippen LogP contribution in [0.4, 0.5) is 8.78 Å². The molecule has 1 rings (SSSR count). The number of carbonyl (C=O) groups is 2. The Morgan fingerprint density at radius 3 is 2.47 bits per heavy atom. The van der Waals surface area contributed by atoms with Crippen LogP contribution in [0, 0.1) is 11.6 Å². The third-order valence-corrected chi connectivity index (χ3v) is 2.32. The molecule has 0 bridgehead atoms. The molecule has 92 valence electrons. The average molecular weight is 263 g/mol. The van der Waals surface area contributed by atoms with E-state index in [1.807, 2.05) is 0 Å². The van der Waals surface area contributed by atoms with Gasteiger partial charge in [-0.1, -0.05) is 11.6 Å². The first-order chi connectivity index (χ1) is 7.82. The Balaban J connectivity index is 2.97. The van der Waals surface area contributed by atoms with Crippen LogP contribution >= 0.6 is 11.6 Å². The first kappa shape index (κ1) is 13.4. The number of hydrogen-bond donors (Lipinski definition) is 2. The van der Waals surface area contributed by atoms with Crippen LogP contribution in [0.1, 0.15) is 17.3 Å². The Labute approximate surface area is 101 Å². The highest BCUT2D eigenvalue weighted by atomic mass is 35.5. The molecular formula is C10H9ClF2N2O2. The number of amides is 2. The molecule has 4 nitrogen and oxygen atoms in total. The van der Waals surface area contributed by atoms with Gasteiger partial charge >= 0.3 is 0 Å². The number of halogens is 3. The maximum atomic E-state index is 13.3. The second kappa shape index (κ2) is 5.09. The summed E-state index contributed by atoms with van der Waals surface area (Å²) in [6, 6.07) is 0.368. The predicted molar refractivity (Wildman–Crippen MR) is 57.5 cm³/mol. The second-order valence-electron chi connectivity index (χ2n) is 3.34. The third-order valence-electron chi connectivity index (χ3n) is 2.03. The van der Waals surface area contributed by atoms with E-state index < -0.39 is 35.1 Å². The van der Waals surface area contributed by atoms with Crippen molar-refractivity contribution in [3.8, 4) is 0 Å². The highest BCUT2D eigenvalue weighted by Gasteiger charge is 2.18. The number of benzene rings is 1. The van der Waals surface area contributed by atoms with Crippen LogP contribution in [0.25, 0.3) is 0 Å². The average Bonchev–Trinajstić information content (AvgIpc) is 2.22. The SMILES string of the molecule is C[C@H](NC(=O)c1cc(Cl)c(F)cc1F)C(N)=O. The minimum absolute atomic E-state index is 0.386. The fourth-order valence-corrected chi connectivity index (χ4v) is 1.21. The lowest BCUT2D eigenvalue weighted by molar-refractivity contribution is -0.119. The molecular weight excluding hydrogens is 254 g/mol. The van der Waals surface area contributed by atoms with Gasteiger partial charge in [0.05, 0.1) is 10.6 Å². The zero-order valence-electron chi connectivity index (χ0n) is 8.76. The van der Waals surface area contributed by atoms with E-state index in [1.54, 1.807) is 0 Å². The topological polar surface area (TPSA) is 72.2 Å². The van der Waals surface area contributed by atoms with E-state index in [0.29, 0.717) is 6.07 Å². The zero-order valence-corrected chi connectivity index (χ0v) is 9.52. The zero-order chi connectivity index (χ0) is 13.2. The lowest BCUT2D eigenvalue weighted by Gasteiger charge is -2.10. The van der Waals surface area contributed by atoms with Crippen molar-refractivity contribution in [2.45, 2.75) is 13.0 Å². The third kappa shape index (κ3) is 3.13. The lowest BCUT2D eigenvalue weighted by atomic mass is 10.1. The number of primary amides is 1. The number of hydrogen-bond acceptors (Lipinski definition) is 2. The molecule has 3 N–H and O–H groups in total. The Morgan fingerprint density at radius 2 is 1.94 bits per heavy atom. The smallest absolute Gasteiger partial charge is 0.254 e. The number of rotatable bonds is 3. The molecule has 0 aliphatic carbocycles. The molecule has 1 atom stereocenters. The Bertz CT molecular complexity index is 480. The van der Waals surface area contributed by atoms with E-state index in [9.17, 15) is 18.4 Å². The maximum absolute atomic E-state index is 13.3. The highest BCUT2D eigenvalue weighted by Crippen LogP contribution is 2.19. The standard InChI is InChI=1S/C10H9ClF2N2O2/c1-4(9(14)16)15-10(17)5-2-6(11)8(13)3-7(5)12/h2-4H,1H3,(H2,14,16)(H,15,17)/t4-/m0/s1. The van der Waals surface area contributed by atoms with Crippen molar-refractivity contribution >= 4 is 23.4 Å². The van der Waals surface area contributed by atoms with Crippen molar-refractivity contribution in [1.29, 1.82) is 0 Å². The monoisotopic (exact) mass is 262 g/mol. The molecule has 0 aliphatic rings. The molecule has 0 radical (unpaired) electrons. The van der Waals surface area contributed by atoms with E-state index in [1.165, 1.54) is 6.92 Å². The fraction of sp³-hybridized carbons (Fsp3) is 0.200. The number of carbonyl (C=O) groups excluding carboxylic acids is 2. The largest absolute Gasteiger partial charge is 0.368 e. The van der Waals surface area contributed by atoms with Gasteiger partial charge in [0.2, 0.25) is 5.91 Å². The van der Waals surface area contributed by atoms with Gasteiger partial charge in [-0.2, -0.15) is 0 Å². The van der Waals surface area contributed by atoms with Crippen molar-refractivity contribution in [3.63, 3.8) is 0 Å². The first-order valence-electron chi connectivity index (χ1n) is 4.57. The van der Waals surface area contributed by atoms with Crippen LogP contribution in [-0.4, -0.2) is 17.9 Å². The van der Waals surface area contributed by atoms with E-state index in [-0.39, 0.29) is 5.02 Å². The van der Waals surface area contributed by atoms with Crippen LogP contribution < -0.4 is 11.1 Å². The second-order valence-corrected chi connectivity index (χ2v) is 3.75. The molecule has 1 aromatic rings.